The number of carboxylic acids is 1. The largest absolute Gasteiger partial charge is 0.480 e. The number of rotatable bonds is 7. The van der Waals surface area contributed by atoms with Gasteiger partial charge in [0.25, 0.3) is 0 Å². The molecule has 1 unspecified atom stereocenters. The molecule has 3 rings (SSSR count). The van der Waals surface area contributed by atoms with Crippen LogP contribution in [-0.2, 0) is 14.8 Å². The standard InChI is InChI=1S/C21H21NO6S/c1-2-3-4-18(21(23)24)22-29(25,26)17-10-7-15(8-11-17)5-6-16-9-12-19-20(13-16)28-14-27-19/h7-13,18,22H,2-4,14H2,1H3,(H,23,24). The fourth-order valence-corrected chi connectivity index (χ4v) is 3.96. The van der Waals surface area contributed by atoms with Crippen LogP contribution in [0.15, 0.2) is 47.4 Å². The Hall–Kier alpha value is -3.02. The second-order valence-corrected chi connectivity index (χ2v) is 8.21. The fraction of sp³-hybridized carbons (Fsp3) is 0.286. The smallest absolute Gasteiger partial charge is 0.321 e. The molecule has 2 N–H and O–H groups in total. The van der Waals surface area contributed by atoms with Crippen LogP contribution in [0.25, 0.3) is 0 Å². The monoisotopic (exact) mass is 415 g/mol. The molecule has 1 heterocycles. The molecule has 0 saturated carbocycles. The molecule has 0 fully saturated rings. The fourth-order valence-electron chi connectivity index (χ4n) is 2.73. The molecule has 1 aliphatic rings. The zero-order valence-electron chi connectivity index (χ0n) is 15.8. The van der Waals surface area contributed by atoms with Crippen LogP contribution < -0.4 is 14.2 Å². The van der Waals surface area contributed by atoms with Gasteiger partial charge in [-0.05, 0) is 48.9 Å². The van der Waals surface area contributed by atoms with E-state index in [1.165, 1.54) is 12.1 Å². The lowest BCUT2D eigenvalue weighted by Gasteiger charge is -2.14. The van der Waals surface area contributed by atoms with Gasteiger partial charge in [0.1, 0.15) is 6.04 Å². The van der Waals surface area contributed by atoms with Crippen molar-refractivity contribution in [2.75, 3.05) is 6.79 Å². The van der Waals surface area contributed by atoms with Crippen molar-refractivity contribution in [1.82, 2.24) is 4.72 Å². The molecule has 0 saturated heterocycles. The lowest BCUT2D eigenvalue weighted by atomic mass is 10.1. The Morgan fingerprint density at radius 1 is 1.10 bits per heavy atom. The van der Waals surface area contributed by atoms with Crippen LogP contribution in [-0.4, -0.2) is 32.3 Å². The number of hydrogen-bond acceptors (Lipinski definition) is 5. The third kappa shape index (κ3) is 5.28. The summed E-state index contributed by atoms with van der Waals surface area (Å²) in [5.41, 5.74) is 1.37. The highest BCUT2D eigenvalue weighted by atomic mass is 32.2. The summed E-state index contributed by atoms with van der Waals surface area (Å²) in [6.07, 6.45) is 1.64. The maximum atomic E-state index is 12.5. The normalized spacial score (nSPS) is 13.4. The number of sulfonamides is 1. The van der Waals surface area contributed by atoms with Crippen LogP contribution in [0.3, 0.4) is 0 Å². The lowest BCUT2D eigenvalue weighted by molar-refractivity contribution is -0.139. The first-order chi connectivity index (χ1) is 13.9. The summed E-state index contributed by atoms with van der Waals surface area (Å²) in [4.78, 5) is 11.3. The molecule has 2 aromatic carbocycles. The minimum atomic E-state index is -3.94. The number of nitrogens with one attached hydrogen (secondary N) is 1. The third-order valence-electron chi connectivity index (χ3n) is 4.33. The van der Waals surface area contributed by atoms with Crippen LogP contribution in [0.4, 0.5) is 0 Å². The summed E-state index contributed by atoms with van der Waals surface area (Å²) in [5, 5.41) is 9.23. The van der Waals surface area contributed by atoms with Gasteiger partial charge in [0.05, 0.1) is 4.90 Å². The van der Waals surface area contributed by atoms with Crippen LogP contribution in [0.5, 0.6) is 11.5 Å². The van der Waals surface area contributed by atoms with Gasteiger partial charge >= 0.3 is 5.97 Å². The Kier molecular flexibility index (Phi) is 6.42. The molecule has 152 valence electrons. The van der Waals surface area contributed by atoms with E-state index >= 15 is 0 Å². The molecule has 8 heteroatoms. The number of carbonyl (C=O) groups is 1. The van der Waals surface area contributed by atoms with Crippen molar-refractivity contribution < 1.29 is 27.8 Å². The van der Waals surface area contributed by atoms with Gasteiger partial charge in [-0.15, -0.1) is 0 Å². The topological polar surface area (TPSA) is 102 Å². The first-order valence-corrected chi connectivity index (χ1v) is 10.6. The van der Waals surface area contributed by atoms with Crippen molar-refractivity contribution in [1.29, 1.82) is 0 Å². The number of carboxylic acid groups (broad SMARTS) is 1. The van der Waals surface area contributed by atoms with E-state index in [9.17, 15) is 18.3 Å². The second-order valence-electron chi connectivity index (χ2n) is 6.50. The highest BCUT2D eigenvalue weighted by molar-refractivity contribution is 7.89. The highest BCUT2D eigenvalue weighted by Gasteiger charge is 2.24. The number of ether oxygens (including phenoxy) is 2. The van der Waals surface area contributed by atoms with Crippen LogP contribution in [0, 0.1) is 11.8 Å². The van der Waals surface area contributed by atoms with E-state index in [0.717, 1.165) is 12.0 Å². The second kappa shape index (κ2) is 8.99. The molecule has 29 heavy (non-hydrogen) atoms. The summed E-state index contributed by atoms with van der Waals surface area (Å²) >= 11 is 0. The van der Waals surface area contributed by atoms with Crippen molar-refractivity contribution in [3.63, 3.8) is 0 Å². The summed E-state index contributed by atoms with van der Waals surface area (Å²) in [7, 11) is -3.94. The number of aliphatic carboxylic acids is 1. The lowest BCUT2D eigenvalue weighted by Crippen LogP contribution is -2.40. The van der Waals surface area contributed by atoms with Gasteiger partial charge in [-0.1, -0.05) is 31.6 Å². The molecule has 2 aromatic rings. The predicted molar refractivity (Wildman–Crippen MR) is 106 cm³/mol. The molecule has 0 aromatic heterocycles. The molecule has 0 aliphatic carbocycles. The molecule has 1 aliphatic heterocycles. The van der Waals surface area contributed by atoms with E-state index in [4.69, 9.17) is 9.47 Å². The molecular weight excluding hydrogens is 394 g/mol. The Morgan fingerprint density at radius 3 is 2.45 bits per heavy atom. The van der Waals surface area contributed by atoms with Crippen LogP contribution >= 0.6 is 0 Å². The molecule has 1 atom stereocenters. The van der Waals surface area contributed by atoms with Crippen LogP contribution in [0.1, 0.15) is 37.3 Å². The molecule has 0 amide bonds. The van der Waals surface area contributed by atoms with E-state index in [0.29, 0.717) is 23.5 Å². The van der Waals surface area contributed by atoms with E-state index in [2.05, 4.69) is 16.6 Å². The van der Waals surface area contributed by atoms with E-state index in [1.54, 1.807) is 24.3 Å². The highest BCUT2D eigenvalue weighted by Crippen LogP contribution is 2.32. The minimum absolute atomic E-state index is 0.00567. The van der Waals surface area contributed by atoms with Gasteiger partial charge in [0.15, 0.2) is 11.5 Å². The summed E-state index contributed by atoms with van der Waals surface area (Å²) in [5.74, 6) is 6.08. The number of benzene rings is 2. The molecule has 0 radical (unpaired) electrons. The number of unbranched alkanes of at least 4 members (excludes halogenated alkanes) is 1. The van der Waals surface area contributed by atoms with Gasteiger partial charge in [-0.3, -0.25) is 4.79 Å². The Morgan fingerprint density at radius 2 is 1.76 bits per heavy atom. The SMILES string of the molecule is CCCCC(NS(=O)(=O)c1ccc(C#Cc2ccc3c(c2)OCO3)cc1)C(=O)O. The minimum Gasteiger partial charge on any atom is -0.480 e. The number of fused-ring (bicyclic) bond motifs is 1. The van der Waals surface area contributed by atoms with E-state index in [1.807, 2.05) is 13.0 Å². The summed E-state index contributed by atoms with van der Waals surface area (Å²) in [6.45, 7) is 2.11. The maximum absolute atomic E-state index is 12.5. The average molecular weight is 415 g/mol. The Bertz CT molecular complexity index is 1050. The zero-order chi connectivity index (χ0) is 20.9. The molecule has 0 bridgehead atoms. The predicted octanol–water partition coefficient (Wildman–Crippen LogP) is 2.74. The van der Waals surface area contributed by atoms with Gasteiger partial charge in [-0.25, -0.2) is 8.42 Å². The molecular formula is C21H21NO6S. The first kappa shape index (κ1) is 20.7. The van der Waals surface area contributed by atoms with Crippen molar-refractivity contribution in [3.05, 3.63) is 53.6 Å². The van der Waals surface area contributed by atoms with Gasteiger partial charge in [-0.2, -0.15) is 4.72 Å². The number of hydrogen-bond donors (Lipinski definition) is 2. The van der Waals surface area contributed by atoms with Gasteiger partial charge in [0, 0.05) is 11.1 Å². The molecule has 7 nitrogen and oxygen atoms in total. The summed E-state index contributed by atoms with van der Waals surface area (Å²) < 4.78 is 37.8. The van der Waals surface area contributed by atoms with Crippen LogP contribution in [0.2, 0.25) is 0 Å². The quantitative estimate of drug-likeness (QED) is 0.674. The average Bonchev–Trinajstić information content (AvgIpc) is 3.17. The zero-order valence-corrected chi connectivity index (χ0v) is 16.7. The van der Waals surface area contributed by atoms with Crippen molar-refractivity contribution in [2.24, 2.45) is 0 Å². The van der Waals surface area contributed by atoms with Crippen molar-refractivity contribution in [2.45, 2.75) is 37.1 Å². The Labute approximate surface area is 169 Å². The van der Waals surface area contributed by atoms with Crippen molar-refractivity contribution in [3.8, 4) is 23.3 Å². The third-order valence-corrected chi connectivity index (χ3v) is 5.82. The summed E-state index contributed by atoms with van der Waals surface area (Å²) in [6, 6.07) is 10.2. The molecule has 0 spiro atoms. The Balaban J connectivity index is 1.72. The maximum Gasteiger partial charge on any atom is 0.321 e. The first-order valence-electron chi connectivity index (χ1n) is 9.16. The van der Waals surface area contributed by atoms with Gasteiger partial charge < -0.3 is 14.6 Å². The van der Waals surface area contributed by atoms with E-state index in [-0.39, 0.29) is 18.1 Å². The van der Waals surface area contributed by atoms with Crippen molar-refractivity contribution >= 4 is 16.0 Å². The van der Waals surface area contributed by atoms with E-state index < -0.39 is 22.0 Å². The van der Waals surface area contributed by atoms with Gasteiger partial charge in [0.2, 0.25) is 16.8 Å².